The van der Waals surface area contributed by atoms with Crippen LogP contribution in [0.2, 0.25) is 0 Å². The lowest BCUT2D eigenvalue weighted by Gasteiger charge is -2.06. The minimum atomic E-state index is 0.389. The van der Waals surface area contributed by atoms with Gasteiger partial charge in [-0.15, -0.1) is 0 Å². The van der Waals surface area contributed by atoms with Crippen LogP contribution >= 0.6 is 11.8 Å². The van der Waals surface area contributed by atoms with Crippen LogP contribution in [0.4, 0.5) is 0 Å². The van der Waals surface area contributed by atoms with Crippen molar-refractivity contribution < 1.29 is 4.74 Å². The van der Waals surface area contributed by atoms with Crippen LogP contribution in [0, 0.1) is 0 Å². The molecular weight excluding hydrogens is 234 g/mol. The summed E-state index contributed by atoms with van der Waals surface area (Å²) in [5.41, 5.74) is 6.43. The Labute approximate surface area is 104 Å². The molecule has 0 aliphatic carbocycles. The molecule has 0 fully saturated rings. The normalized spacial score (nSPS) is 10.2. The highest BCUT2D eigenvalue weighted by Gasteiger charge is 2.06. The van der Waals surface area contributed by atoms with E-state index in [4.69, 9.17) is 10.5 Å². The van der Waals surface area contributed by atoms with Crippen LogP contribution in [0.15, 0.2) is 46.6 Å². The van der Waals surface area contributed by atoms with Crippen molar-refractivity contribution in [2.24, 2.45) is 5.73 Å². The minimum absolute atomic E-state index is 0.389. The maximum Gasteiger partial charge on any atom is 0.124 e. The van der Waals surface area contributed by atoms with E-state index in [1.807, 2.05) is 24.3 Å². The second-order valence-electron chi connectivity index (χ2n) is 3.29. The second-order valence-corrected chi connectivity index (χ2v) is 4.36. The summed E-state index contributed by atoms with van der Waals surface area (Å²) in [6.07, 6.45) is 3.32. The van der Waals surface area contributed by atoms with E-state index >= 15 is 0 Å². The summed E-state index contributed by atoms with van der Waals surface area (Å²) in [6.45, 7) is 0.389. The monoisotopic (exact) mass is 247 g/mol. The number of rotatable bonds is 4. The molecule has 1 aromatic heterocycles. The number of aromatic nitrogens is 2. The van der Waals surface area contributed by atoms with E-state index in [9.17, 15) is 0 Å². The molecule has 0 unspecified atom stereocenters. The largest absolute Gasteiger partial charge is 0.497 e. The van der Waals surface area contributed by atoms with E-state index in [-0.39, 0.29) is 0 Å². The van der Waals surface area contributed by atoms with Crippen LogP contribution in [-0.4, -0.2) is 17.1 Å². The molecule has 0 amide bonds. The Morgan fingerprint density at radius 1 is 1.29 bits per heavy atom. The molecule has 4 nitrogen and oxygen atoms in total. The van der Waals surface area contributed by atoms with E-state index in [0.29, 0.717) is 6.54 Å². The lowest BCUT2D eigenvalue weighted by atomic mass is 10.3. The minimum Gasteiger partial charge on any atom is -0.497 e. The van der Waals surface area contributed by atoms with Gasteiger partial charge < -0.3 is 10.5 Å². The molecule has 2 aromatic rings. The van der Waals surface area contributed by atoms with Crippen molar-refractivity contribution in [1.29, 1.82) is 0 Å². The van der Waals surface area contributed by atoms with Crippen LogP contribution in [0.1, 0.15) is 5.69 Å². The number of hydrogen-bond donors (Lipinski definition) is 1. The van der Waals surface area contributed by atoms with Crippen molar-refractivity contribution in [1.82, 2.24) is 9.97 Å². The Balaban J connectivity index is 2.24. The summed E-state index contributed by atoms with van der Waals surface area (Å²) in [5.74, 6) is 0.827. The maximum atomic E-state index is 5.62. The number of nitrogens with zero attached hydrogens (tertiary/aromatic N) is 2. The molecule has 1 aromatic carbocycles. The van der Waals surface area contributed by atoms with Crippen molar-refractivity contribution in [2.45, 2.75) is 16.5 Å². The fourth-order valence-electron chi connectivity index (χ4n) is 1.36. The molecule has 88 valence electrons. The predicted octanol–water partition coefficient (Wildman–Crippen LogP) is 2.10. The molecule has 0 saturated carbocycles. The highest BCUT2D eigenvalue weighted by atomic mass is 32.2. The first-order valence-electron chi connectivity index (χ1n) is 5.15. The molecule has 0 aliphatic heterocycles. The van der Waals surface area contributed by atoms with Gasteiger partial charge >= 0.3 is 0 Å². The van der Waals surface area contributed by atoms with Crippen molar-refractivity contribution >= 4 is 11.8 Å². The summed E-state index contributed by atoms with van der Waals surface area (Å²) in [4.78, 5) is 9.53. The number of methoxy groups -OCH3 is 1. The molecule has 2 N–H and O–H groups in total. The highest BCUT2D eigenvalue weighted by Crippen LogP contribution is 2.29. The third-order valence-electron chi connectivity index (χ3n) is 2.18. The van der Waals surface area contributed by atoms with Crippen molar-refractivity contribution in [3.05, 3.63) is 42.4 Å². The summed E-state index contributed by atoms with van der Waals surface area (Å²) in [7, 11) is 1.65. The SMILES string of the molecule is COc1cccc(Sc2nccnc2CN)c1. The third kappa shape index (κ3) is 2.95. The van der Waals surface area contributed by atoms with Crippen LogP contribution < -0.4 is 10.5 Å². The quantitative estimate of drug-likeness (QED) is 0.896. The van der Waals surface area contributed by atoms with Gasteiger partial charge in [0, 0.05) is 23.8 Å². The van der Waals surface area contributed by atoms with Gasteiger partial charge in [0.25, 0.3) is 0 Å². The predicted molar refractivity (Wildman–Crippen MR) is 67.0 cm³/mol. The average molecular weight is 247 g/mol. The molecule has 5 heteroatoms. The number of hydrogen-bond acceptors (Lipinski definition) is 5. The molecule has 0 atom stereocenters. The van der Waals surface area contributed by atoms with Crippen molar-refractivity contribution in [3.63, 3.8) is 0 Å². The maximum absolute atomic E-state index is 5.62. The van der Waals surface area contributed by atoms with Gasteiger partial charge in [0.15, 0.2) is 0 Å². The third-order valence-corrected chi connectivity index (χ3v) is 3.21. The zero-order valence-electron chi connectivity index (χ0n) is 9.46. The van der Waals surface area contributed by atoms with E-state index in [2.05, 4.69) is 9.97 Å². The van der Waals surface area contributed by atoms with E-state index in [0.717, 1.165) is 21.4 Å². The Bertz CT molecular complexity index is 505. The number of nitrogens with two attached hydrogens (primary N) is 1. The van der Waals surface area contributed by atoms with E-state index in [1.165, 1.54) is 11.8 Å². The molecule has 0 saturated heterocycles. The first-order valence-corrected chi connectivity index (χ1v) is 5.97. The number of benzene rings is 1. The van der Waals surface area contributed by atoms with Gasteiger partial charge in [-0.1, -0.05) is 17.8 Å². The molecule has 0 aliphatic rings. The molecular formula is C12H13N3OS. The number of ether oxygens (including phenoxy) is 1. The van der Waals surface area contributed by atoms with Gasteiger partial charge in [-0.25, -0.2) is 4.98 Å². The van der Waals surface area contributed by atoms with Crippen LogP contribution in [0.5, 0.6) is 5.75 Å². The first kappa shape index (κ1) is 11.9. The highest BCUT2D eigenvalue weighted by molar-refractivity contribution is 7.99. The smallest absolute Gasteiger partial charge is 0.124 e. The van der Waals surface area contributed by atoms with Crippen molar-refractivity contribution in [3.8, 4) is 5.75 Å². The Morgan fingerprint density at radius 3 is 2.88 bits per heavy atom. The summed E-state index contributed by atoms with van der Waals surface area (Å²) in [5, 5.41) is 0.836. The Morgan fingerprint density at radius 2 is 2.12 bits per heavy atom. The van der Waals surface area contributed by atoms with Gasteiger partial charge in [0.2, 0.25) is 0 Å². The van der Waals surface area contributed by atoms with Gasteiger partial charge in [-0.3, -0.25) is 4.98 Å². The molecule has 2 rings (SSSR count). The molecule has 0 spiro atoms. The summed E-state index contributed by atoms with van der Waals surface area (Å²) >= 11 is 1.53. The summed E-state index contributed by atoms with van der Waals surface area (Å²) < 4.78 is 5.18. The summed E-state index contributed by atoms with van der Waals surface area (Å²) in [6, 6.07) is 7.81. The zero-order chi connectivity index (χ0) is 12.1. The van der Waals surface area contributed by atoms with E-state index in [1.54, 1.807) is 19.5 Å². The lowest BCUT2D eigenvalue weighted by molar-refractivity contribution is 0.413. The van der Waals surface area contributed by atoms with Gasteiger partial charge in [-0.2, -0.15) is 0 Å². The molecule has 0 bridgehead atoms. The second kappa shape index (κ2) is 5.65. The first-order chi connectivity index (χ1) is 8.33. The van der Waals surface area contributed by atoms with Crippen LogP contribution in [0.3, 0.4) is 0 Å². The van der Waals surface area contributed by atoms with Crippen molar-refractivity contribution in [2.75, 3.05) is 7.11 Å². The standard InChI is InChI=1S/C12H13N3OS/c1-16-9-3-2-4-10(7-9)17-12-11(8-13)14-5-6-15-12/h2-7H,8,13H2,1H3. The van der Waals surface area contributed by atoms with Crippen LogP contribution in [-0.2, 0) is 6.54 Å². The molecule has 17 heavy (non-hydrogen) atoms. The Hall–Kier alpha value is -1.59. The molecule has 1 heterocycles. The Kier molecular flexibility index (Phi) is 3.95. The van der Waals surface area contributed by atoms with Crippen LogP contribution in [0.25, 0.3) is 0 Å². The molecule has 0 radical (unpaired) electrons. The van der Waals surface area contributed by atoms with Gasteiger partial charge in [-0.05, 0) is 18.2 Å². The topological polar surface area (TPSA) is 61.0 Å². The average Bonchev–Trinajstić information content (AvgIpc) is 2.39. The van der Waals surface area contributed by atoms with Gasteiger partial charge in [0.1, 0.15) is 10.8 Å². The zero-order valence-corrected chi connectivity index (χ0v) is 10.3. The van der Waals surface area contributed by atoms with Gasteiger partial charge in [0.05, 0.1) is 12.8 Å². The lowest BCUT2D eigenvalue weighted by Crippen LogP contribution is -2.02. The fraction of sp³-hybridized carbons (Fsp3) is 0.167. The van der Waals surface area contributed by atoms with E-state index < -0.39 is 0 Å². The fourth-order valence-corrected chi connectivity index (χ4v) is 2.27.